The summed E-state index contributed by atoms with van der Waals surface area (Å²) in [5.41, 5.74) is -0.0385. The van der Waals surface area contributed by atoms with Crippen LogP contribution < -0.4 is 5.32 Å². The number of piperidine rings is 1. The van der Waals surface area contributed by atoms with Crippen molar-refractivity contribution in [1.82, 2.24) is 24.3 Å². The molecule has 1 unspecified atom stereocenters. The summed E-state index contributed by atoms with van der Waals surface area (Å²) in [6.07, 6.45) is 4.79. The van der Waals surface area contributed by atoms with Gasteiger partial charge in [0.05, 0.1) is 11.1 Å². The van der Waals surface area contributed by atoms with E-state index in [1.54, 1.807) is 25.7 Å². The predicted molar refractivity (Wildman–Crippen MR) is 117 cm³/mol. The third-order valence-electron chi connectivity index (χ3n) is 5.08. The van der Waals surface area contributed by atoms with E-state index < -0.39 is 22.4 Å². The van der Waals surface area contributed by atoms with E-state index in [0.29, 0.717) is 37.3 Å². The number of carbonyl (C=O) groups excluding carboxylic acids is 1. The van der Waals surface area contributed by atoms with Gasteiger partial charge in [0, 0.05) is 25.3 Å². The molecule has 0 aliphatic carbocycles. The molecule has 0 radical (unpaired) electrons. The average Bonchev–Trinajstić information content (AvgIpc) is 3.15. The minimum Gasteiger partial charge on any atom is -0.444 e. The fourth-order valence-corrected chi connectivity index (χ4v) is 3.64. The lowest BCUT2D eigenvalue weighted by Gasteiger charge is -2.34. The van der Waals surface area contributed by atoms with Crippen LogP contribution in [0.15, 0.2) is 30.7 Å². The smallest absolute Gasteiger partial charge is 0.410 e. The highest BCUT2D eigenvalue weighted by molar-refractivity contribution is 5.68. The van der Waals surface area contributed by atoms with Crippen LogP contribution in [-0.2, 0) is 4.74 Å². The molecule has 3 aromatic heterocycles. The highest BCUT2D eigenvalue weighted by Crippen LogP contribution is 2.27. The molecule has 1 saturated heterocycles. The van der Waals surface area contributed by atoms with Crippen LogP contribution in [0.4, 0.5) is 20.7 Å². The van der Waals surface area contributed by atoms with Crippen molar-refractivity contribution in [1.29, 1.82) is 0 Å². The first-order chi connectivity index (χ1) is 15.6. The van der Waals surface area contributed by atoms with Crippen molar-refractivity contribution in [3.05, 3.63) is 46.7 Å². The molecule has 33 heavy (non-hydrogen) atoms. The molecule has 1 fully saturated rings. The van der Waals surface area contributed by atoms with Crippen LogP contribution in [0.2, 0.25) is 0 Å². The lowest BCUT2D eigenvalue weighted by molar-refractivity contribution is -0.384. The number of pyridine rings is 1. The molecule has 174 valence electrons. The van der Waals surface area contributed by atoms with E-state index in [9.17, 15) is 19.3 Å². The van der Waals surface area contributed by atoms with Crippen LogP contribution in [0.3, 0.4) is 0 Å². The summed E-state index contributed by atoms with van der Waals surface area (Å²) in [5.74, 6) is -0.292. The van der Waals surface area contributed by atoms with Crippen LogP contribution in [0.1, 0.15) is 33.6 Å². The van der Waals surface area contributed by atoms with Gasteiger partial charge in [0.15, 0.2) is 5.82 Å². The topological polar surface area (TPSA) is 128 Å². The second-order valence-corrected chi connectivity index (χ2v) is 8.81. The van der Waals surface area contributed by atoms with Gasteiger partial charge < -0.3 is 15.0 Å². The summed E-state index contributed by atoms with van der Waals surface area (Å²) in [7, 11) is 0. The Morgan fingerprint density at radius 3 is 2.82 bits per heavy atom. The van der Waals surface area contributed by atoms with E-state index in [1.807, 2.05) is 0 Å². The standard InChI is InChI=1S/C21H24FN7O4/c1-21(2,3)33-20(30)27-8-4-5-14(12-27)25-19-16(29(31)32)10-24-18(26-19)15-9-23-17-7-6-13(22)11-28(15)17/h6-7,9-11,14H,4-5,8,12H2,1-3H3,(H,24,25,26). The van der Waals surface area contributed by atoms with Crippen molar-refractivity contribution < 1.29 is 18.8 Å². The first-order valence-electron chi connectivity index (χ1n) is 10.5. The number of nitrogens with one attached hydrogen (secondary N) is 1. The first-order valence-corrected chi connectivity index (χ1v) is 10.5. The Hall–Kier alpha value is -3.83. The quantitative estimate of drug-likeness (QED) is 0.464. The van der Waals surface area contributed by atoms with Gasteiger partial charge in [0.1, 0.15) is 29.0 Å². The van der Waals surface area contributed by atoms with Gasteiger partial charge in [-0.25, -0.2) is 24.1 Å². The van der Waals surface area contributed by atoms with Gasteiger partial charge in [0.2, 0.25) is 5.82 Å². The van der Waals surface area contributed by atoms with E-state index >= 15 is 0 Å². The van der Waals surface area contributed by atoms with Crippen molar-refractivity contribution in [3.8, 4) is 11.5 Å². The number of hydrogen-bond acceptors (Lipinski definition) is 8. The molecule has 4 heterocycles. The van der Waals surface area contributed by atoms with Crippen LogP contribution in [0.25, 0.3) is 17.2 Å². The summed E-state index contributed by atoms with van der Waals surface area (Å²) in [6.45, 7) is 6.23. The van der Waals surface area contributed by atoms with Gasteiger partial charge >= 0.3 is 11.8 Å². The van der Waals surface area contributed by atoms with E-state index in [4.69, 9.17) is 4.74 Å². The van der Waals surface area contributed by atoms with Gasteiger partial charge in [-0.05, 0) is 45.7 Å². The molecule has 4 rings (SSSR count). The molecule has 1 aliphatic rings. The number of nitrogens with zero attached hydrogens (tertiary/aromatic N) is 6. The fraction of sp³-hybridized carbons (Fsp3) is 0.429. The molecule has 1 N–H and O–H groups in total. The number of anilines is 1. The van der Waals surface area contributed by atoms with Gasteiger partial charge in [-0.15, -0.1) is 0 Å². The summed E-state index contributed by atoms with van der Waals surface area (Å²) in [6, 6.07) is 2.53. The monoisotopic (exact) mass is 457 g/mol. The van der Waals surface area contributed by atoms with Crippen LogP contribution in [-0.4, -0.2) is 60.0 Å². The number of halogens is 1. The largest absolute Gasteiger partial charge is 0.444 e. The van der Waals surface area contributed by atoms with Gasteiger partial charge in [-0.3, -0.25) is 14.5 Å². The van der Waals surface area contributed by atoms with E-state index in [0.717, 1.165) is 6.20 Å². The lowest BCUT2D eigenvalue weighted by atomic mass is 10.1. The number of likely N-dealkylation sites (tertiary alicyclic amines) is 1. The van der Waals surface area contributed by atoms with Crippen molar-refractivity contribution in [3.63, 3.8) is 0 Å². The second-order valence-electron chi connectivity index (χ2n) is 8.81. The molecule has 3 aromatic rings. The van der Waals surface area contributed by atoms with Crippen LogP contribution in [0.5, 0.6) is 0 Å². The van der Waals surface area contributed by atoms with Crippen molar-refractivity contribution in [2.75, 3.05) is 18.4 Å². The van der Waals surface area contributed by atoms with Crippen LogP contribution in [0, 0.1) is 15.9 Å². The Morgan fingerprint density at radius 1 is 1.30 bits per heavy atom. The molecule has 1 atom stereocenters. The lowest BCUT2D eigenvalue weighted by Crippen LogP contribution is -2.47. The predicted octanol–water partition coefficient (Wildman–Crippen LogP) is 3.65. The zero-order valence-electron chi connectivity index (χ0n) is 18.5. The molecule has 11 nitrogen and oxygen atoms in total. The molecule has 1 amide bonds. The number of imidazole rings is 1. The molecule has 0 bridgehead atoms. The number of aromatic nitrogens is 4. The zero-order chi connectivity index (χ0) is 23.8. The van der Waals surface area contributed by atoms with Crippen LogP contribution >= 0.6 is 0 Å². The molecule has 1 aliphatic heterocycles. The maximum absolute atomic E-state index is 13.7. The number of ether oxygens (including phenoxy) is 1. The van der Waals surface area contributed by atoms with E-state index in [1.165, 1.54) is 28.9 Å². The number of amides is 1. The van der Waals surface area contributed by atoms with E-state index in [-0.39, 0.29) is 23.4 Å². The fourth-order valence-electron chi connectivity index (χ4n) is 3.64. The molecule has 12 heteroatoms. The number of hydrogen-bond donors (Lipinski definition) is 1. The number of rotatable bonds is 4. The molecular formula is C21H24FN7O4. The van der Waals surface area contributed by atoms with Gasteiger partial charge in [0.25, 0.3) is 0 Å². The normalized spacial score (nSPS) is 16.6. The molecule has 0 aromatic carbocycles. The number of nitro groups is 1. The summed E-state index contributed by atoms with van der Waals surface area (Å²) in [5, 5.41) is 14.7. The Balaban J connectivity index is 1.61. The number of fused-ring (bicyclic) bond motifs is 1. The highest BCUT2D eigenvalue weighted by Gasteiger charge is 2.29. The summed E-state index contributed by atoms with van der Waals surface area (Å²) < 4.78 is 20.7. The summed E-state index contributed by atoms with van der Waals surface area (Å²) >= 11 is 0. The molecule has 0 spiro atoms. The SMILES string of the molecule is CC(C)(C)OC(=O)N1CCCC(Nc2nc(-c3cnc4ccc(F)cn34)ncc2[N+](=O)[O-])C1. The van der Waals surface area contributed by atoms with Gasteiger partial charge in [-0.1, -0.05) is 0 Å². The average molecular weight is 457 g/mol. The van der Waals surface area contributed by atoms with Gasteiger partial charge in [-0.2, -0.15) is 0 Å². The van der Waals surface area contributed by atoms with E-state index in [2.05, 4.69) is 20.3 Å². The zero-order valence-corrected chi connectivity index (χ0v) is 18.5. The Kier molecular flexibility index (Phi) is 5.83. The minimum absolute atomic E-state index is 0.0207. The second kappa shape index (κ2) is 8.60. The maximum Gasteiger partial charge on any atom is 0.410 e. The van der Waals surface area contributed by atoms with Crippen molar-refractivity contribution in [2.45, 2.75) is 45.3 Å². The third kappa shape index (κ3) is 4.99. The van der Waals surface area contributed by atoms with Crippen molar-refractivity contribution >= 4 is 23.2 Å². The maximum atomic E-state index is 13.7. The minimum atomic E-state index is -0.620. The van der Waals surface area contributed by atoms with Crippen molar-refractivity contribution in [2.24, 2.45) is 0 Å². The molecular weight excluding hydrogens is 433 g/mol. The Morgan fingerprint density at radius 2 is 2.09 bits per heavy atom. The number of carbonyl (C=O) groups is 1. The Bertz CT molecular complexity index is 1210. The summed E-state index contributed by atoms with van der Waals surface area (Å²) in [4.78, 5) is 37.7. The first kappa shape index (κ1) is 22.4. The third-order valence-corrected chi connectivity index (χ3v) is 5.08. The molecule has 0 saturated carbocycles. The Labute approximate surface area is 188 Å². The highest BCUT2D eigenvalue weighted by atomic mass is 19.1.